The van der Waals surface area contributed by atoms with E-state index >= 15 is 0 Å². The van der Waals surface area contributed by atoms with Crippen LogP contribution in [0.5, 0.6) is 0 Å². The molecule has 0 fully saturated rings. The Balaban J connectivity index is 0. The minimum atomic E-state index is -3.42. The topological polar surface area (TPSA) is 98.6 Å². The second-order valence-electron chi connectivity index (χ2n) is 1.15. The van der Waals surface area contributed by atoms with E-state index in [2.05, 4.69) is 4.18 Å². The van der Waals surface area contributed by atoms with E-state index < -0.39 is 16.7 Å². The summed E-state index contributed by atoms with van der Waals surface area (Å²) in [6.07, 6.45) is 0. The Hall–Kier alpha value is -0.170. The molecule has 0 aliphatic heterocycles. The Morgan fingerprint density at radius 3 is 2.11 bits per heavy atom. The van der Waals surface area contributed by atoms with Gasteiger partial charge < -0.3 is 11.3 Å². The molecule has 0 bridgehead atoms. The van der Waals surface area contributed by atoms with E-state index in [1.807, 2.05) is 0 Å². The van der Waals surface area contributed by atoms with Crippen molar-refractivity contribution in [3.8, 4) is 0 Å². The molecule has 5 nitrogen and oxygen atoms in total. The van der Waals surface area contributed by atoms with Crippen LogP contribution in [0.1, 0.15) is 0 Å². The van der Waals surface area contributed by atoms with Gasteiger partial charge in [0.2, 0.25) is 0 Å². The van der Waals surface area contributed by atoms with Crippen LogP contribution in [0.3, 0.4) is 0 Å². The summed E-state index contributed by atoms with van der Waals surface area (Å²) < 4.78 is 24.4. The van der Waals surface area contributed by atoms with Crippen LogP contribution in [0, 0.1) is 0 Å². The molecule has 0 aromatic rings. The number of aliphatic hydroxyl groups excluding tert-OH is 1. The molecule has 0 radical (unpaired) electrons. The first-order valence-electron chi connectivity index (χ1n) is 2.01. The van der Waals surface area contributed by atoms with Crippen molar-refractivity contribution in [2.75, 3.05) is 19.5 Å². The monoisotopic (exact) mass is 157 g/mol. The molecular formula is C3H11NO4S. The predicted octanol–water partition coefficient (Wildman–Crippen LogP) is -0.883. The molecule has 0 spiro atoms. The molecular weight excluding hydrogens is 146 g/mol. The highest BCUT2D eigenvalue weighted by molar-refractivity contribution is 7.86. The Labute approximate surface area is 54.3 Å². The molecule has 0 saturated heterocycles. The average molecular weight is 157 g/mol. The van der Waals surface area contributed by atoms with E-state index in [1.54, 1.807) is 0 Å². The second kappa shape index (κ2) is 4.68. The number of hydrogen-bond donors (Lipinski definition) is 2. The van der Waals surface area contributed by atoms with Gasteiger partial charge in [0.1, 0.15) is 0 Å². The highest BCUT2D eigenvalue weighted by Gasteiger charge is 2.04. The van der Waals surface area contributed by atoms with Crippen LogP contribution < -0.4 is 6.15 Å². The fourth-order valence-corrected chi connectivity index (χ4v) is 0.585. The number of rotatable bonds is 3. The summed E-state index contributed by atoms with van der Waals surface area (Å²) in [7, 11) is -2.36. The maximum Gasteiger partial charge on any atom is 0.269 e. The lowest BCUT2D eigenvalue weighted by Crippen LogP contribution is -2.10. The molecule has 0 rings (SSSR count). The molecule has 0 saturated carbocycles. The van der Waals surface area contributed by atoms with E-state index in [-0.39, 0.29) is 11.9 Å². The molecule has 0 amide bonds. The molecule has 0 aromatic heterocycles. The summed E-state index contributed by atoms with van der Waals surface area (Å²) in [5.41, 5.74) is 0. The van der Waals surface area contributed by atoms with Gasteiger partial charge in [-0.05, 0) is 0 Å². The second-order valence-corrected chi connectivity index (χ2v) is 3.01. The average Bonchev–Trinajstić information content (AvgIpc) is 1.67. The van der Waals surface area contributed by atoms with Crippen molar-refractivity contribution in [3.05, 3.63) is 0 Å². The normalized spacial score (nSPS) is 10.4. The summed E-state index contributed by atoms with van der Waals surface area (Å²) in [4.78, 5) is 0. The number of aliphatic hydroxyl groups is 1. The fraction of sp³-hybridized carbons (Fsp3) is 1.00. The highest BCUT2D eigenvalue weighted by Crippen LogP contribution is 1.86. The van der Waals surface area contributed by atoms with Crippen molar-refractivity contribution in [1.82, 2.24) is 6.15 Å². The summed E-state index contributed by atoms with van der Waals surface area (Å²) in [5, 5.41) is 8.07. The summed E-state index contributed by atoms with van der Waals surface area (Å²) in [5.74, 6) is -0.330. The quantitative estimate of drug-likeness (QED) is 0.518. The van der Waals surface area contributed by atoms with E-state index in [9.17, 15) is 8.42 Å². The lowest BCUT2D eigenvalue weighted by atomic mass is 10.9. The third-order valence-corrected chi connectivity index (χ3v) is 1.79. The van der Waals surface area contributed by atoms with Gasteiger partial charge in [-0.3, -0.25) is 4.18 Å². The molecule has 6 heteroatoms. The van der Waals surface area contributed by atoms with Gasteiger partial charge in [-0.1, -0.05) is 0 Å². The van der Waals surface area contributed by atoms with Gasteiger partial charge in [0.15, 0.2) is 0 Å². The first kappa shape index (κ1) is 11.6. The zero-order chi connectivity index (χ0) is 6.62. The Morgan fingerprint density at radius 2 is 2.00 bits per heavy atom. The van der Waals surface area contributed by atoms with Crippen LogP contribution >= 0.6 is 0 Å². The van der Waals surface area contributed by atoms with Crippen molar-refractivity contribution >= 4 is 10.1 Å². The van der Waals surface area contributed by atoms with Crippen LogP contribution in [0.15, 0.2) is 0 Å². The summed E-state index contributed by atoms with van der Waals surface area (Å²) in [6, 6.07) is 0. The Morgan fingerprint density at radius 1 is 1.56 bits per heavy atom. The smallest absolute Gasteiger partial charge is 0.269 e. The van der Waals surface area contributed by atoms with Crippen molar-refractivity contribution in [2.24, 2.45) is 0 Å². The van der Waals surface area contributed by atoms with Crippen LogP contribution in [0.4, 0.5) is 0 Å². The van der Waals surface area contributed by atoms with Gasteiger partial charge in [-0.25, -0.2) is 0 Å². The number of hydrogen-bond acceptors (Lipinski definition) is 5. The maximum absolute atomic E-state index is 10.2. The van der Waals surface area contributed by atoms with Crippen LogP contribution in [0.2, 0.25) is 0 Å². The van der Waals surface area contributed by atoms with E-state index in [0.717, 1.165) is 7.11 Å². The minimum absolute atomic E-state index is 0. The largest absolute Gasteiger partial charge is 0.395 e. The van der Waals surface area contributed by atoms with Gasteiger partial charge in [0, 0.05) is 0 Å². The highest BCUT2D eigenvalue weighted by atomic mass is 32.2. The third-order valence-electron chi connectivity index (χ3n) is 0.595. The maximum atomic E-state index is 10.2. The molecule has 0 aromatic carbocycles. The molecule has 4 N–H and O–H groups in total. The van der Waals surface area contributed by atoms with Crippen LogP contribution in [-0.4, -0.2) is 33.0 Å². The molecule has 0 unspecified atom stereocenters. The molecule has 9 heavy (non-hydrogen) atoms. The first-order chi connectivity index (χ1) is 3.62. The predicted molar refractivity (Wildman–Crippen MR) is 32.9 cm³/mol. The van der Waals surface area contributed by atoms with E-state index in [4.69, 9.17) is 5.11 Å². The zero-order valence-electron chi connectivity index (χ0n) is 5.20. The zero-order valence-corrected chi connectivity index (χ0v) is 6.02. The van der Waals surface area contributed by atoms with Crippen LogP contribution in [0.25, 0.3) is 0 Å². The molecule has 0 heterocycles. The first-order valence-corrected chi connectivity index (χ1v) is 3.59. The van der Waals surface area contributed by atoms with Gasteiger partial charge in [-0.2, -0.15) is 8.42 Å². The third kappa shape index (κ3) is 5.71. The van der Waals surface area contributed by atoms with Crippen molar-refractivity contribution in [1.29, 1.82) is 0 Å². The van der Waals surface area contributed by atoms with Crippen molar-refractivity contribution < 1.29 is 17.7 Å². The van der Waals surface area contributed by atoms with Gasteiger partial charge >= 0.3 is 0 Å². The molecule has 0 aliphatic rings. The lowest BCUT2D eigenvalue weighted by molar-refractivity contribution is 0.310. The SMILES string of the molecule is COS(=O)(=O)CCO.N. The van der Waals surface area contributed by atoms with Crippen LogP contribution in [-0.2, 0) is 14.3 Å². The fourth-order valence-electron chi connectivity index (χ4n) is 0.195. The van der Waals surface area contributed by atoms with Crippen molar-refractivity contribution in [2.45, 2.75) is 0 Å². The molecule has 58 valence electrons. The van der Waals surface area contributed by atoms with Gasteiger partial charge in [-0.15, -0.1) is 0 Å². The van der Waals surface area contributed by atoms with Gasteiger partial charge in [0.05, 0.1) is 19.5 Å². The summed E-state index contributed by atoms with van der Waals surface area (Å²) in [6.45, 7) is -0.393. The molecule has 0 atom stereocenters. The van der Waals surface area contributed by atoms with Gasteiger partial charge in [0.25, 0.3) is 10.1 Å². The lowest BCUT2D eigenvalue weighted by Gasteiger charge is -1.94. The Bertz CT molecular complexity index is 140. The molecule has 0 aliphatic carbocycles. The van der Waals surface area contributed by atoms with E-state index in [1.165, 1.54) is 0 Å². The standard InChI is InChI=1S/C3H8O4S.H3N/c1-7-8(5,6)3-2-4;/h4H,2-3H2,1H3;1H3. The van der Waals surface area contributed by atoms with E-state index in [0.29, 0.717) is 0 Å². The summed E-state index contributed by atoms with van der Waals surface area (Å²) >= 11 is 0. The van der Waals surface area contributed by atoms with Crippen molar-refractivity contribution in [3.63, 3.8) is 0 Å². The minimum Gasteiger partial charge on any atom is -0.395 e. The Kier molecular flexibility index (Phi) is 6.04.